The molecule has 0 amide bonds. The molecular weight excluding hydrogens is 250 g/mol. The molecule has 0 atom stereocenters. The van der Waals surface area contributed by atoms with Gasteiger partial charge in [-0.05, 0) is 37.1 Å². The zero-order valence-electron chi connectivity index (χ0n) is 12.1. The molecule has 0 saturated carbocycles. The lowest BCUT2D eigenvalue weighted by Crippen LogP contribution is -1.97. The van der Waals surface area contributed by atoms with Crippen molar-refractivity contribution < 1.29 is 9.84 Å². The van der Waals surface area contributed by atoms with Gasteiger partial charge in [-0.25, -0.2) is 0 Å². The van der Waals surface area contributed by atoms with E-state index in [2.05, 4.69) is 11.9 Å². The molecule has 0 radical (unpaired) electrons. The number of rotatable bonds is 6. The van der Waals surface area contributed by atoms with Gasteiger partial charge in [0.2, 0.25) is 0 Å². The minimum atomic E-state index is 0.0271. The van der Waals surface area contributed by atoms with E-state index in [1.807, 2.05) is 43.3 Å². The second kappa shape index (κ2) is 7.06. The van der Waals surface area contributed by atoms with Crippen molar-refractivity contribution >= 4 is 0 Å². The fourth-order valence-corrected chi connectivity index (χ4v) is 2.00. The zero-order chi connectivity index (χ0) is 14.4. The minimum absolute atomic E-state index is 0.0271. The molecule has 1 N–H and O–H groups in total. The Morgan fingerprint density at radius 2 is 2.05 bits per heavy atom. The maximum Gasteiger partial charge on any atom is 0.119 e. The molecule has 0 spiro atoms. The monoisotopic (exact) mass is 271 g/mol. The number of hydrogen-bond donors (Lipinski definition) is 1. The minimum Gasteiger partial charge on any atom is -0.494 e. The normalized spacial score (nSPS) is 10.6. The fraction of sp³-hybridized carbons (Fsp3) is 0.353. The van der Waals surface area contributed by atoms with Gasteiger partial charge in [0, 0.05) is 11.3 Å². The third-order valence-corrected chi connectivity index (χ3v) is 3.26. The van der Waals surface area contributed by atoms with Gasteiger partial charge >= 0.3 is 0 Å². The summed E-state index contributed by atoms with van der Waals surface area (Å²) in [6, 6.07) is 11.8. The van der Waals surface area contributed by atoms with Gasteiger partial charge in [-0.15, -0.1) is 0 Å². The molecule has 0 fully saturated rings. The van der Waals surface area contributed by atoms with E-state index in [0.29, 0.717) is 0 Å². The lowest BCUT2D eigenvalue weighted by molar-refractivity contribution is 0.280. The van der Waals surface area contributed by atoms with Crippen molar-refractivity contribution in [1.82, 2.24) is 4.98 Å². The van der Waals surface area contributed by atoms with E-state index in [-0.39, 0.29) is 6.61 Å². The highest BCUT2D eigenvalue weighted by Gasteiger charge is 2.04. The molecule has 0 saturated heterocycles. The van der Waals surface area contributed by atoms with Crippen molar-refractivity contribution in [2.24, 2.45) is 0 Å². The Morgan fingerprint density at radius 3 is 2.75 bits per heavy atom. The van der Waals surface area contributed by atoms with E-state index >= 15 is 0 Å². The summed E-state index contributed by atoms with van der Waals surface area (Å²) >= 11 is 0. The Kier molecular flexibility index (Phi) is 5.13. The summed E-state index contributed by atoms with van der Waals surface area (Å²) in [5.74, 6) is 0.877. The number of pyridine rings is 1. The van der Waals surface area contributed by atoms with Crippen molar-refractivity contribution in [1.29, 1.82) is 0 Å². The molecular formula is C17H21NO2. The largest absolute Gasteiger partial charge is 0.494 e. The molecule has 0 bridgehead atoms. The van der Waals surface area contributed by atoms with Gasteiger partial charge < -0.3 is 9.84 Å². The Morgan fingerprint density at radius 1 is 1.20 bits per heavy atom. The Balaban J connectivity index is 2.19. The molecule has 2 rings (SSSR count). The number of aliphatic hydroxyl groups excluding tert-OH is 1. The number of hydrogen-bond acceptors (Lipinski definition) is 3. The van der Waals surface area contributed by atoms with Crippen LogP contribution in [-0.2, 0) is 6.61 Å². The SMILES string of the molecule is CCCCOc1cccc(-c2ccc(CO)c(C)n2)c1. The molecule has 0 unspecified atom stereocenters. The van der Waals surface area contributed by atoms with Crippen LogP contribution < -0.4 is 4.74 Å². The molecule has 1 heterocycles. The highest BCUT2D eigenvalue weighted by Crippen LogP contribution is 2.23. The van der Waals surface area contributed by atoms with Crippen molar-refractivity contribution in [3.05, 3.63) is 47.7 Å². The summed E-state index contributed by atoms with van der Waals surface area (Å²) < 4.78 is 5.72. The smallest absolute Gasteiger partial charge is 0.119 e. The lowest BCUT2D eigenvalue weighted by atomic mass is 10.1. The van der Waals surface area contributed by atoms with Crippen LogP contribution in [0.2, 0.25) is 0 Å². The summed E-state index contributed by atoms with van der Waals surface area (Å²) in [5, 5.41) is 9.18. The fourth-order valence-electron chi connectivity index (χ4n) is 2.00. The first-order valence-corrected chi connectivity index (χ1v) is 7.05. The molecule has 3 heteroatoms. The molecule has 106 valence electrons. The second-order valence-electron chi connectivity index (χ2n) is 4.83. The van der Waals surface area contributed by atoms with E-state index in [1.54, 1.807) is 0 Å². The quantitative estimate of drug-likeness (QED) is 0.814. The van der Waals surface area contributed by atoms with Gasteiger partial charge in [0.15, 0.2) is 0 Å². The summed E-state index contributed by atoms with van der Waals surface area (Å²) in [6.45, 7) is 4.83. The number of unbranched alkanes of at least 4 members (excludes halogenated alkanes) is 1. The van der Waals surface area contributed by atoms with Gasteiger partial charge in [-0.1, -0.05) is 31.5 Å². The number of aromatic nitrogens is 1. The van der Waals surface area contributed by atoms with Crippen molar-refractivity contribution in [3.8, 4) is 17.0 Å². The third-order valence-electron chi connectivity index (χ3n) is 3.26. The van der Waals surface area contributed by atoms with Crippen molar-refractivity contribution in [3.63, 3.8) is 0 Å². The average molecular weight is 271 g/mol. The Hall–Kier alpha value is -1.87. The van der Waals surface area contributed by atoms with Crippen LogP contribution in [0.1, 0.15) is 31.0 Å². The third kappa shape index (κ3) is 3.58. The van der Waals surface area contributed by atoms with Crippen LogP contribution in [0, 0.1) is 6.92 Å². The topological polar surface area (TPSA) is 42.4 Å². The van der Waals surface area contributed by atoms with E-state index in [1.165, 1.54) is 0 Å². The number of aryl methyl sites for hydroxylation is 1. The van der Waals surface area contributed by atoms with Crippen LogP contribution in [0.4, 0.5) is 0 Å². The molecule has 3 nitrogen and oxygen atoms in total. The first-order chi connectivity index (χ1) is 9.74. The van der Waals surface area contributed by atoms with Crippen LogP contribution in [-0.4, -0.2) is 16.7 Å². The van der Waals surface area contributed by atoms with Gasteiger partial charge in [-0.3, -0.25) is 4.98 Å². The van der Waals surface area contributed by atoms with Crippen LogP contribution in [0.15, 0.2) is 36.4 Å². The first kappa shape index (κ1) is 14.5. The lowest BCUT2D eigenvalue weighted by Gasteiger charge is -2.09. The van der Waals surface area contributed by atoms with Gasteiger partial charge in [0.1, 0.15) is 5.75 Å². The maximum atomic E-state index is 9.18. The van der Waals surface area contributed by atoms with Crippen LogP contribution in [0.25, 0.3) is 11.3 Å². The molecule has 0 aliphatic carbocycles. The van der Waals surface area contributed by atoms with Crippen LogP contribution >= 0.6 is 0 Å². The second-order valence-corrected chi connectivity index (χ2v) is 4.83. The van der Waals surface area contributed by atoms with Gasteiger partial charge in [-0.2, -0.15) is 0 Å². The first-order valence-electron chi connectivity index (χ1n) is 7.05. The van der Waals surface area contributed by atoms with Gasteiger partial charge in [0.25, 0.3) is 0 Å². The molecule has 0 aliphatic heterocycles. The highest BCUT2D eigenvalue weighted by molar-refractivity contribution is 5.61. The Labute approximate surface area is 120 Å². The summed E-state index contributed by atoms with van der Waals surface area (Å²) in [5.41, 5.74) is 3.67. The Bertz CT molecular complexity index is 567. The average Bonchev–Trinajstić information content (AvgIpc) is 2.48. The predicted octanol–water partition coefficient (Wildman–Crippen LogP) is 3.73. The predicted molar refractivity (Wildman–Crippen MR) is 80.7 cm³/mol. The number of ether oxygens (including phenoxy) is 1. The standard InChI is InChI=1S/C17H21NO2/c1-3-4-10-20-16-7-5-6-14(11-16)17-9-8-15(12-19)13(2)18-17/h5-9,11,19H,3-4,10,12H2,1-2H3. The van der Waals surface area contributed by atoms with E-state index in [4.69, 9.17) is 4.74 Å². The summed E-state index contributed by atoms with van der Waals surface area (Å²) in [4.78, 5) is 4.54. The molecule has 2 aromatic rings. The molecule has 1 aromatic heterocycles. The van der Waals surface area contributed by atoms with Crippen molar-refractivity contribution in [2.75, 3.05) is 6.61 Å². The molecule has 20 heavy (non-hydrogen) atoms. The number of nitrogens with zero attached hydrogens (tertiary/aromatic N) is 1. The summed E-state index contributed by atoms with van der Waals surface area (Å²) in [6.07, 6.45) is 2.19. The van der Waals surface area contributed by atoms with E-state index < -0.39 is 0 Å². The number of aliphatic hydroxyl groups is 1. The van der Waals surface area contributed by atoms with Crippen molar-refractivity contribution in [2.45, 2.75) is 33.3 Å². The number of benzene rings is 1. The zero-order valence-corrected chi connectivity index (χ0v) is 12.1. The summed E-state index contributed by atoms with van der Waals surface area (Å²) in [7, 11) is 0. The highest BCUT2D eigenvalue weighted by atomic mass is 16.5. The van der Waals surface area contributed by atoms with Crippen LogP contribution in [0.5, 0.6) is 5.75 Å². The van der Waals surface area contributed by atoms with E-state index in [9.17, 15) is 5.11 Å². The van der Waals surface area contributed by atoms with Crippen LogP contribution in [0.3, 0.4) is 0 Å². The molecule has 0 aliphatic rings. The molecule has 1 aromatic carbocycles. The van der Waals surface area contributed by atoms with Gasteiger partial charge in [0.05, 0.1) is 18.9 Å². The van der Waals surface area contributed by atoms with E-state index in [0.717, 1.165) is 47.7 Å². The maximum absolute atomic E-state index is 9.18.